The Morgan fingerprint density at radius 2 is 1.88 bits per heavy atom. The fourth-order valence-corrected chi connectivity index (χ4v) is 3.58. The van der Waals surface area contributed by atoms with Crippen molar-refractivity contribution in [3.8, 4) is 0 Å². The lowest BCUT2D eigenvalue weighted by molar-refractivity contribution is 0.144. The van der Waals surface area contributed by atoms with Crippen molar-refractivity contribution < 1.29 is 13.2 Å². The van der Waals surface area contributed by atoms with Crippen molar-refractivity contribution in [1.82, 2.24) is 15.5 Å². The van der Waals surface area contributed by atoms with Gasteiger partial charge in [-0.2, -0.15) is 0 Å². The third-order valence-electron chi connectivity index (χ3n) is 3.67. The highest BCUT2D eigenvalue weighted by molar-refractivity contribution is 14.0. The first kappa shape index (κ1) is 23.9. The summed E-state index contributed by atoms with van der Waals surface area (Å²) >= 11 is 0. The van der Waals surface area contributed by atoms with Crippen molar-refractivity contribution >= 4 is 39.8 Å². The monoisotopic (exact) mass is 476 g/mol. The Balaban J connectivity index is 0.00000529. The number of aliphatic imine (C=N–C) groups is 1. The number of halogens is 1. The van der Waals surface area contributed by atoms with Crippen LogP contribution in [0.4, 0.5) is 0 Å². The maximum absolute atomic E-state index is 11.4. The van der Waals surface area contributed by atoms with Gasteiger partial charge in [0.1, 0.15) is 0 Å². The average molecular weight is 476 g/mol. The highest BCUT2D eigenvalue weighted by Crippen LogP contribution is 2.02. The van der Waals surface area contributed by atoms with E-state index in [9.17, 15) is 8.42 Å². The molecule has 1 aliphatic heterocycles. The highest BCUT2D eigenvalue weighted by atomic mass is 127. The van der Waals surface area contributed by atoms with E-state index < -0.39 is 9.84 Å². The molecule has 1 heterocycles. The van der Waals surface area contributed by atoms with Gasteiger partial charge in [0.25, 0.3) is 0 Å². The molecule has 24 heavy (non-hydrogen) atoms. The molecule has 0 aliphatic carbocycles. The molecule has 1 aliphatic rings. The first-order valence-electron chi connectivity index (χ1n) is 8.60. The largest absolute Gasteiger partial charge is 0.382 e. The second kappa shape index (κ2) is 14.1. The SMILES string of the molecule is CCNC(=NCCCCOCC)NCCN1CCS(=O)(=O)CC1.I. The van der Waals surface area contributed by atoms with Crippen molar-refractivity contribution in [3.05, 3.63) is 0 Å². The van der Waals surface area contributed by atoms with Crippen LogP contribution in [0.25, 0.3) is 0 Å². The Morgan fingerprint density at radius 1 is 1.17 bits per heavy atom. The molecule has 0 spiro atoms. The number of nitrogens with zero attached hydrogens (tertiary/aromatic N) is 2. The molecule has 0 radical (unpaired) electrons. The van der Waals surface area contributed by atoms with E-state index in [-0.39, 0.29) is 35.5 Å². The molecule has 0 saturated carbocycles. The number of hydrogen-bond acceptors (Lipinski definition) is 5. The topological polar surface area (TPSA) is 83.0 Å². The van der Waals surface area contributed by atoms with Crippen LogP contribution in [0, 0.1) is 0 Å². The van der Waals surface area contributed by atoms with Crippen molar-refractivity contribution in [3.63, 3.8) is 0 Å². The van der Waals surface area contributed by atoms with Crippen LogP contribution in [-0.2, 0) is 14.6 Å². The van der Waals surface area contributed by atoms with Crippen LogP contribution in [0.2, 0.25) is 0 Å². The molecule has 2 N–H and O–H groups in total. The second-order valence-electron chi connectivity index (χ2n) is 5.58. The summed E-state index contributed by atoms with van der Waals surface area (Å²) in [4.78, 5) is 6.72. The van der Waals surface area contributed by atoms with E-state index in [2.05, 4.69) is 20.5 Å². The normalized spacial score (nSPS) is 18.0. The molecular formula is C15H33IN4O3S. The molecular weight excluding hydrogens is 443 g/mol. The predicted molar refractivity (Wildman–Crippen MR) is 110 cm³/mol. The number of guanidine groups is 1. The van der Waals surface area contributed by atoms with Crippen LogP contribution in [0.15, 0.2) is 4.99 Å². The molecule has 0 aromatic rings. The fraction of sp³-hybridized carbons (Fsp3) is 0.933. The van der Waals surface area contributed by atoms with Crippen LogP contribution in [0.5, 0.6) is 0 Å². The smallest absolute Gasteiger partial charge is 0.191 e. The minimum absolute atomic E-state index is 0. The van der Waals surface area contributed by atoms with E-state index in [1.807, 2.05) is 13.8 Å². The summed E-state index contributed by atoms with van der Waals surface area (Å²) in [5.74, 6) is 1.38. The number of rotatable bonds is 10. The van der Waals surface area contributed by atoms with Gasteiger partial charge in [-0.15, -0.1) is 24.0 Å². The van der Waals surface area contributed by atoms with Gasteiger partial charge in [0.15, 0.2) is 15.8 Å². The number of unbranched alkanes of at least 4 members (excludes halogenated alkanes) is 1. The predicted octanol–water partition coefficient (Wildman–Crippen LogP) is 0.707. The molecule has 0 bridgehead atoms. The molecule has 0 unspecified atom stereocenters. The molecule has 0 atom stereocenters. The van der Waals surface area contributed by atoms with E-state index >= 15 is 0 Å². The zero-order valence-electron chi connectivity index (χ0n) is 14.9. The Labute approximate surface area is 163 Å². The van der Waals surface area contributed by atoms with E-state index in [1.54, 1.807) is 0 Å². The van der Waals surface area contributed by atoms with Gasteiger partial charge >= 0.3 is 0 Å². The standard InChI is InChI=1S/C15H32N4O3S.HI/c1-3-16-15(17-7-5-6-12-22-4-2)18-8-9-19-10-13-23(20,21)14-11-19;/h3-14H2,1-2H3,(H2,16,17,18);1H. The lowest BCUT2D eigenvalue weighted by Gasteiger charge is -2.26. The minimum atomic E-state index is -2.80. The van der Waals surface area contributed by atoms with Gasteiger partial charge in [0.05, 0.1) is 11.5 Å². The third kappa shape index (κ3) is 11.4. The second-order valence-corrected chi connectivity index (χ2v) is 7.89. The average Bonchev–Trinajstić information content (AvgIpc) is 2.52. The molecule has 1 fully saturated rings. The van der Waals surface area contributed by atoms with Crippen LogP contribution in [-0.4, -0.2) is 83.3 Å². The molecule has 0 amide bonds. The van der Waals surface area contributed by atoms with Gasteiger partial charge in [-0.05, 0) is 26.7 Å². The Hall–Kier alpha value is -0.130. The number of nitrogens with one attached hydrogen (secondary N) is 2. The number of ether oxygens (including phenoxy) is 1. The van der Waals surface area contributed by atoms with E-state index in [0.717, 1.165) is 58.2 Å². The molecule has 1 rings (SSSR count). The molecule has 9 heteroatoms. The summed E-state index contributed by atoms with van der Waals surface area (Å²) in [6.07, 6.45) is 2.04. The van der Waals surface area contributed by atoms with Crippen LogP contribution in [0.3, 0.4) is 0 Å². The Bertz CT molecular complexity index is 432. The third-order valence-corrected chi connectivity index (χ3v) is 5.28. The van der Waals surface area contributed by atoms with Crippen LogP contribution < -0.4 is 10.6 Å². The van der Waals surface area contributed by atoms with Gasteiger partial charge in [-0.3, -0.25) is 9.89 Å². The Morgan fingerprint density at radius 3 is 2.50 bits per heavy atom. The van der Waals surface area contributed by atoms with Crippen LogP contribution >= 0.6 is 24.0 Å². The maximum atomic E-state index is 11.4. The van der Waals surface area contributed by atoms with Crippen molar-refractivity contribution in [2.75, 3.05) is 64.0 Å². The maximum Gasteiger partial charge on any atom is 0.191 e. The van der Waals surface area contributed by atoms with Gasteiger partial charge in [0, 0.05) is 52.5 Å². The Kier molecular flexibility index (Phi) is 14.0. The number of sulfone groups is 1. The molecule has 7 nitrogen and oxygen atoms in total. The highest BCUT2D eigenvalue weighted by Gasteiger charge is 2.20. The van der Waals surface area contributed by atoms with Gasteiger partial charge < -0.3 is 15.4 Å². The van der Waals surface area contributed by atoms with Crippen molar-refractivity contribution in [1.29, 1.82) is 0 Å². The van der Waals surface area contributed by atoms with E-state index in [4.69, 9.17) is 4.74 Å². The van der Waals surface area contributed by atoms with Crippen molar-refractivity contribution in [2.24, 2.45) is 4.99 Å². The number of hydrogen-bond donors (Lipinski definition) is 2. The summed E-state index contributed by atoms with van der Waals surface area (Å²) in [6, 6.07) is 0. The summed E-state index contributed by atoms with van der Waals surface area (Å²) in [5, 5.41) is 6.54. The zero-order chi connectivity index (χ0) is 17.0. The quantitative estimate of drug-likeness (QED) is 0.209. The van der Waals surface area contributed by atoms with Crippen LogP contribution in [0.1, 0.15) is 26.7 Å². The van der Waals surface area contributed by atoms with E-state index in [0.29, 0.717) is 13.1 Å². The zero-order valence-corrected chi connectivity index (χ0v) is 18.1. The summed E-state index contributed by atoms with van der Waals surface area (Å²) in [5.41, 5.74) is 0. The lowest BCUT2D eigenvalue weighted by Crippen LogP contribution is -2.46. The summed E-state index contributed by atoms with van der Waals surface area (Å²) in [6.45, 7) is 10.1. The molecule has 144 valence electrons. The summed E-state index contributed by atoms with van der Waals surface area (Å²) in [7, 11) is -2.80. The fourth-order valence-electron chi connectivity index (χ4n) is 2.30. The summed E-state index contributed by atoms with van der Waals surface area (Å²) < 4.78 is 28.1. The molecule has 1 saturated heterocycles. The lowest BCUT2D eigenvalue weighted by atomic mass is 10.3. The van der Waals surface area contributed by atoms with Gasteiger partial charge in [0.2, 0.25) is 0 Å². The van der Waals surface area contributed by atoms with Gasteiger partial charge in [-0.1, -0.05) is 0 Å². The molecule has 0 aromatic carbocycles. The molecule has 0 aromatic heterocycles. The van der Waals surface area contributed by atoms with Crippen molar-refractivity contribution in [2.45, 2.75) is 26.7 Å². The minimum Gasteiger partial charge on any atom is -0.382 e. The van der Waals surface area contributed by atoms with Gasteiger partial charge in [-0.25, -0.2) is 8.42 Å². The first-order valence-corrected chi connectivity index (χ1v) is 10.4. The van der Waals surface area contributed by atoms with E-state index in [1.165, 1.54) is 0 Å². The first-order chi connectivity index (χ1) is 11.1.